The molecular formula is C26H40F3N3O3. The van der Waals surface area contributed by atoms with Crippen LogP contribution in [0.25, 0.3) is 0 Å². The summed E-state index contributed by atoms with van der Waals surface area (Å²) >= 11 is 0. The maximum absolute atomic E-state index is 13.3. The van der Waals surface area contributed by atoms with Crippen LogP contribution in [0.2, 0.25) is 0 Å². The standard InChI is InChI=1S/C26H40F3N3O3/c1-18(14-22(6-5-11-31(2)3)30-23-10-13-35-17-24(23)34-4)25(33)32-12-9-19-7-8-21(26(27,28)29)15-20(19)16-32/h7-8,15,18,22-24,30H,5-6,9-14,16-17H2,1-4H3. The summed E-state index contributed by atoms with van der Waals surface area (Å²) in [5, 5.41) is 3.74. The molecule has 4 atom stereocenters. The summed E-state index contributed by atoms with van der Waals surface area (Å²) in [7, 11) is 5.79. The van der Waals surface area contributed by atoms with Gasteiger partial charge >= 0.3 is 6.18 Å². The molecule has 1 N–H and O–H groups in total. The van der Waals surface area contributed by atoms with E-state index >= 15 is 0 Å². The Bertz CT molecular complexity index is 834. The SMILES string of the molecule is COC1COCCC1NC(CCCN(C)C)CC(C)C(=O)N1CCc2ccc(C(F)(F)F)cc2C1. The molecule has 1 aromatic carbocycles. The van der Waals surface area contributed by atoms with E-state index in [0.717, 1.165) is 37.4 Å². The topological polar surface area (TPSA) is 54.0 Å². The Morgan fingerprint density at radius 2 is 2.09 bits per heavy atom. The van der Waals surface area contributed by atoms with Gasteiger partial charge in [-0.15, -0.1) is 0 Å². The molecule has 9 heteroatoms. The summed E-state index contributed by atoms with van der Waals surface area (Å²) in [6, 6.07) is 4.19. The Kier molecular flexibility index (Phi) is 9.98. The van der Waals surface area contributed by atoms with E-state index in [4.69, 9.17) is 9.47 Å². The summed E-state index contributed by atoms with van der Waals surface area (Å²) in [5.41, 5.74) is 0.827. The number of hydrogen-bond acceptors (Lipinski definition) is 5. The zero-order valence-electron chi connectivity index (χ0n) is 21.4. The predicted molar refractivity (Wildman–Crippen MR) is 129 cm³/mol. The van der Waals surface area contributed by atoms with Crippen molar-refractivity contribution in [1.29, 1.82) is 0 Å². The molecule has 0 aliphatic carbocycles. The van der Waals surface area contributed by atoms with Crippen LogP contribution in [0.15, 0.2) is 18.2 Å². The lowest BCUT2D eigenvalue weighted by Crippen LogP contribution is -2.52. The number of amides is 1. The Balaban J connectivity index is 1.64. The summed E-state index contributed by atoms with van der Waals surface area (Å²) in [5.74, 6) is -0.234. The summed E-state index contributed by atoms with van der Waals surface area (Å²) < 4.78 is 50.7. The quantitative estimate of drug-likeness (QED) is 0.532. The van der Waals surface area contributed by atoms with Crippen molar-refractivity contribution in [2.75, 3.05) is 47.5 Å². The Labute approximate surface area is 207 Å². The van der Waals surface area contributed by atoms with Gasteiger partial charge in [-0.05, 0) is 76.0 Å². The molecule has 0 spiro atoms. The second-order valence-corrected chi connectivity index (χ2v) is 10.2. The molecule has 6 nitrogen and oxygen atoms in total. The minimum Gasteiger partial charge on any atom is -0.379 e. The van der Waals surface area contributed by atoms with E-state index in [2.05, 4.69) is 10.2 Å². The molecule has 0 radical (unpaired) electrons. The Hall–Kier alpha value is -1.68. The number of nitrogens with zero attached hydrogens (tertiary/aromatic N) is 2. The van der Waals surface area contributed by atoms with Crippen molar-refractivity contribution in [3.63, 3.8) is 0 Å². The van der Waals surface area contributed by atoms with Crippen molar-refractivity contribution >= 4 is 5.91 Å². The third kappa shape index (κ3) is 7.90. The maximum atomic E-state index is 13.3. The molecule has 2 aliphatic rings. The number of rotatable bonds is 10. The summed E-state index contributed by atoms with van der Waals surface area (Å²) in [4.78, 5) is 17.2. The second kappa shape index (κ2) is 12.5. The average molecular weight is 500 g/mol. The molecule has 1 aromatic rings. The highest BCUT2D eigenvalue weighted by Gasteiger charge is 2.33. The normalized spacial score (nSPS) is 22.7. The van der Waals surface area contributed by atoms with Crippen molar-refractivity contribution in [1.82, 2.24) is 15.1 Å². The minimum atomic E-state index is -4.38. The number of hydrogen-bond donors (Lipinski definition) is 1. The highest BCUT2D eigenvalue weighted by molar-refractivity contribution is 5.78. The molecule has 0 bridgehead atoms. The first kappa shape index (κ1) is 27.9. The molecule has 1 fully saturated rings. The fraction of sp³-hybridized carbons (Fsp3) is 0.731. The van der Waals surface area contributed by atoms with Crippen molar-refractivity contribution in [2.24, 2.45) is 5.92 Å². The van der Waals surface area contributed by atoms with E-state index < -0.39 is 11.7 Å². The zero-order valence-corrected chi connectivity index (χ0v) is 21.4. The number of nitrogens with one attached hydrogen (secondary N) is 1. The van der Waals surface area contributed by atoms with Gasteiger partial charge in [-0.1, -0.05) is 13.0 Å². The molecule has 4 unspecified atom stereocenters. The lowest BCUT2D eigenvalue weighted by Gasteiger charge is -2.36. The van der Waals surface area contributed by atoms with Crippen LogP contribution in [0.1, 0.15) is 49.3 Å². The highest BCUT2D eigenvalue weighted by atomic mass is 19.4. The van der Waals surface area contributed by atoms with Crippen LogP contribution >= 0.6 is 0 Å². The van der Waals surface area contributed by atoms with Gasteiger partial charge in [0.1, 0.15) is 0 Å². The van der Waals surface area contributed by atoms with Gasteiger partial charge in [-0.3, -0.25) is 4.79 Å². The molecule has 35 heavy (non-hydrogen) atoms. The highest BCUT2D eigenvalue weighted by Crippen LogP contribution is 2.32. The number of halogens is 3. The molecule has 198 valence electrons. The number of carbonyl (C=O) groups is 1. The van der Waals surface area contributed by atoms with Crippen LogP contribution in [-0.2, 0) is 33.4 Å². The molecule has 2 aliphatic heterocycles. The molecule has 3 rings (SSSR count). The smallest absolute Gasteiger partial charge is 0.379 e. The van der Waals surface area contributed by atoms with Crippen LogP contribution in [0.4, 0.5) is 13.2 Å². The van der Waals surface area contributed by atoms with Gasteiger partial charge in [0.2, 0.25) is 5.91 Å². The van der Waals surface area contributed by atoms with Gasteiger partial charge in [-0.25, -0.2) is 0 Å². The van der Waals surface area contributed by atoms with Crippen LogP contribution in [0.5, 0.6) is 0 Å². The Morgan fingerprint density at radius 1 is 1.31 bits per heavy atom. The maximum Gasteiger partial charge on any atom is 0.416 e. The lowest BCUT2D eigenvalue weighted by molar-refractivity contribution is -0.137. The zero-order chi connectivity index (χ0) is 25.6. The van der Waals surface area contributed by atoms with Crippen LogP contribution < -0.4 is 5.32 Å². The van der Waals surface area contributed by atoms with Gasteiger partial charge < -0.3 is 24.6 Å². The molecule has 0 saturated carbocycles. The monoisotopic (exact) mass is 499 g/mol. The van der Waals surface area contributed by atoms with Gasteiger partial charge in [0.25, 0.3) is 0 Å². The van der Waals surface area contributed by atoms with E-state index in [1.807, 2.05) is 21.0 Å². The number of fused-ring (bicyclic) bond motifs is 1. The number of ether oxygens (including phenoxy) is 2. The molecule has 1 amide bonds. The number of methoxy groups -OCH3 is 1. The predicted octanol–water partition coefficient (Wildman–Crippen LogP) is 3.72. The first-order valence-corrected chi connectivity index (χ1v) is 12.6. The van der Waals surface area contributed by atoms with Crippen molar-refractivity contribution < 1.29 is 27.4 Å². The number of benzene rings is 1. The van der Waals surface area contributed by atoms with Gasteiger partial charge in [-0.2, -0.15) is 13.2 Å². The van der Waals surface area contributed by atoms with Crippen LogP contribution in [0.3, 0.4) is 0 Å². The fourth-order valence-electron chi connectivity index (χ4n) is 5.12. The van der Waals surface area contributed by atoms with E-state index in [9.17, 15) is 18.0 Å². The molecule has 2 heterocycles. The summed E-state index contributed by atoms with van der Waals surface area (Å²) in [6.45, 7) is 4.90. The van der Waals surface area contributed by atoms with Crippen LogP contribution in [0, 0.1) is 5.92 Å². The first-order chi connectivity index (χ1) is 16.6. The second-order valence-electron chi connectivity index (χ2n) is 10.2. The fourth-order valence-corrected chi connectivity index (χ4v) is 5.12. The summed E-state index contributed by atoms with van der Waals surface area (Å²) in [6.07, 6.45) is -0.363. The average Bonchev–Trinajstić information content (AvgIpc) is 2.82. The van der Waals surface area contributed by atoms with E-state index in [0.29, 0.717) is 38.2 Å². The van der Waals surface area contributed by atoms with E-state index in [1.54, 1.807) is 18.1 Å². The van der Waals surface area contributed by atoms with Crippen molar-refractivity contribution in [3.05, 3.63) is 34.9 Å². The van der Waals surface area contributed by atoms with Gasteiger partial charge in [0.15, 0.2) is 0 Å². The van der Waals surface area contributed by atoms with Crippen molar-refractivity contribution in [3.8, 4) is 0 Å². The number of carbonyl (C=O) groups excluding carboxylic acids is 1. The van der Waals surface area contributed by atoms with Gasteiger partial charge in [0, 0.05) is 44.8 Å². The molecule has 0 aromatic heterocycles. The third-order valence-electron chi connectivity index (χ3n) is 7.13. The van der Waals surface area contributed by atoms with Crippen LogP contribution in [-0.4, -0.2) is 81.4 Å². The van der Waals surface area contributed by atoms with Gasteiger partial charge in [0.05, 0.1) is 18.3 Å². The molecule has 1 saturated heterocycles. The third-order valence-corrected chi connectivity index (χ3v) is 7.13. The largest absolute Gasteiger partial charge is 0.416 e. The van der Waals surface area contributed by atoms with Crippen molar-refractivity contribution in [2.45, 2.75) is 69.9 Å². The molecular weight excluding hydrogens is 459 g/mol. The number of alkyl halides is 3. The van der Waals surface area contributed by atoms with E-state index in [-0.39, 0.29) is 36.6 Å². The first-order valence-electron chi connectivity index (χ1n) is 12.6. The Morgan fingerprint density at radius 3 is 2.77 bits per heavy atom. The minimum absolute atomic E-state index is 0.00254. The lowest BCUT2D eigenvalue weighted by atomic mass is 9.92. The van der Waals surface area contributed by atoms with E-state index in [1.165, 1.54) is 6.07 Å².